The van der Waals surface area contributed by atoms with Gasteiger partial charge in [-0.1, -0.05) is 11.6 Å². The summed E-state index contributed by atoms with van der Waals surface area (Å²) in [7, 11) is 1.74. The third-order valence-electron chi connectivity index (χ3n) is 6.57. The molecule has 8 heteroatoms. The number of carbonyl (C=O) groups excluding carboxylic acids is 1. The van der Waals surface area contributed by atoms with Gasteiger partial charge in [0.2, 0.25) is 0 Å². The number of hydrogen-bond acceptors (Lipinski definition) is 4. The lowest BCUT2D eigenvalue weighted by molar-refractivity contribution is 0.102. The van der Waals surface area contributed by atoms with Gasteiger partial charge in [-0.25, -0.2) is 4.39 Å². The van der Waals surface area contributed by atoms with E-state index in [9.17, 15) is 9.18 Å². The molecule has 1 aromatic carbocycles. The summed E-state index contributed by atoms with van der Waals surface area (Å²) in [4.78, 5) is 13.0. The number of anilines is 2. The summed E-state index contributed by atoms with van der Waals surface area (Å²) in [5, 5.41) is 7.31. The van der Waals surface area contributed by atoms with Crippen LogP contribution in [-0.4, -0.2) is 27.9 Å². The van der Waals surface area contributed by atoms with Crippen LogP contribution in [0, 0.1) is 17.7 Å². The Kier molecular flexibility index (Phi) is 3.97. The normalized spacial score (nSPS) is 30.6. The third-order valence-corrected chi connectivity index (χ3v) is 6.86. The molecule has 3 fully saturated rings. The number of benzene rings is 1. The lowest BCUT2D eigenvalue weighted by Crippen LogP contribution is -2.17. The summed E-state index contributed by atoms with van der Waals surface area (Å²) in [6, 6.07) is 4.08. The predicted molar refractivity (Wildman–Crippen MR) is 104 cm³/mol. The number of ether oxygens (including phenoxy) is 1. The first-order valence-corrected chi connectivity index (χ1v) is 9.96. The average molecular weight is 405 g/mol. The molecular weight excluding hydrogens is 383 g/mol. The van der Waals surface area contributed by atoms with Crippen LogP contribution in [0.25, 0.3) is 0 Å². The molecule has 28 heavy (non-hydrogen) atoms. The number of epoxide rings is 1. The van der Waals surface area contributed by atoms with Gasteiger partial charge < -0.3 is 15.8 Å². The van der Waals surface area contributed by atoms with Gasteiger partial charge in [-0.15, -0.1) is 0 Å². The molecule has 3 aliphatic rings. The van der Waals surface area contributed by atoms with Gasteiger partial charge in [-0.05, 0) is 55.7 Å². The highest BCUT2D eigenvalue weighted by Gasteiger charge is 2.57. The Balaban J connectivity index is 1.39. The average Bonchev–Trinajstić information content (AvgIpc) is 2.99. The molecule has 148 valence electrons. The van der Waals surface area contributed by atoms with E-state index in [1.165, 1.54) is 18.2 Å². The molecule has 2 saturated carbocycles. The number of nitrogens with one attached hydrogen (secondary N) is 1. The first-order chi connectivity index (χ1) is 13.3. The van der Waals surface area contributed by atoms with E-state index in [0.717, 1.165) is 38.0 Å². The van der Waals surface area contributed by atoms with Crippen LogP contribution in [0.5, 0.6) is 0 Å². The van der Waals surface area contributed by atoms with Crippen LogP contribution >= 0.6 is 11.6 Å². The van der Waals surface area contributed by atoms with Gasteiger partial charge >= 0.3 is 0 Å². The molecule has 1 spiro atoms. The second kappa shape index (κ2) is 6.19. The second-order valence-corrected chi connectivity index (χ2v) is 8.83. The number of hydrogen-bond donors (Lipinski definition) is 2. The molecule has 6 nitrogen and oxygen atoms in total. The maximum atomic E-state index is 13.4. The Hall–Kier alpha value is -2.12. The van der Waals surface area contributed by atoms with E-state index < -0.39 is 5.82 Å². The SMILES string of the molecule is Cn1nc(C2CC3CC4(CO4)CC3C2)c(C(=O)Nc2ccc(F)c(Cl)c2)c1N. The largest absolute Gasteiger partial charge is 0.383 e. The Morgan fingerprint density at radius 2 is 2.07 bits per heavy atom. The summed E-state index contributed by atoms with van der Waals surface area (Å²) in [6.07, 6.45) is 4.25. The summed E-state index contributed by atoms with van der Waals surface area (Å²) in [5.41, 5.74) is 7.92. The van der Waals surface area contributed by atoms with E-state index in [1.54, 1.807) is 11.7 Å². The van der Waals surface area contributed by atoms with Gasteiger partial charge in [0.1, 0.15) is 17.2 Å². The molecule has 1 aromatic heterocycles. The molecule has 0 bridgehead atoms. The Bertz CT molecular complexity index is 955. The molecule has 2 heterocycles. The van der Waals surface area contributed by atoms with Gasteiger partial charge in [-0.3, -0.25) is 9.48 Å². The maximum absolute atomic E-state index is 13.4. The number of nitrogens with zero attached hydrogens (tertiary/aromatic N) is 2. The van der Waals surface area contributed by atoms with Crippen molar-refractivity contribution in [1.82, 2.24) is 9.78 Å². The maximum Gasteiger partial charge on any atom is 0.261 e. The fourth-order valence-electron chi connectivity index (χ4n) is 5.16. The molecule has 5 rings (SSSR count). The number of aromatic nitrogens is 2. The third kappa shape index (κ3) is 2.88. The van der Waals surface area contributed by atoms with Crippen molar-refractivity contribution in [3.63, 3.8) is 0 Å². The molecule has 1 amide bonds. The van der Waals surface area contributed by atoms with Crippen LogP contribution in [0.15, 0.2) is 18.2 Å². The van der Waals surface area contributed by atoms with Gasteiger partial charge in [0.05, 0.1) is 22.9 Å². The Morgan fingerprint density at radius 1 is 1.39 bits per heavy atom. The van der Waals surface area contributed by atoms with Crippen LogP contribution in [-0.2, 0) is 11.8 Å². The van der Waals surface area contributed by atoms with Crippen molar-refractivity contribution in [2.75, 3.05) is 17.7 Å². The minimum atomic E-state index is -0.531. The Morgan fingerprint density at radius 3 is 2.68 bits per heavy atom. The summed E-state index contributed by atoms with van der Waals surface area (Å²) in [6.45, 7) is 0.898. The van der Waals surface area contributed by atoms with Crippen molar-refractivity contribution in [2.45, 2.75) is 37.2 Å². The minimum absolute atomic E-state index is 0.0444. The van der Waals surface area contributed by atoms with Crippen LogP contribution in [0.2, 0.25) is 5.02 Å². The van der Waals surface area contributed by atoms with Crippen molar-refractivity contribution in [1.29, 1.82) is 0 Å². The molecule has 3 N–H and O–H groups in total. The van der Waals surface area contributed by atoms with Gasteiger partial charge in [0.15, 0.2) is 0 Å². The summed E-state index contributed by atoms with van der Waals surface area (Å²) in [5.74, 6) is 0.926. The first-order valence-electron chi connectivity index (χ1n) is 9.58. The van der Waals surface area contributed by atoms with Crippen LogP contribution in [0.4, 0.5) is 15.9 Å². The molecule has 2 unspecified atom stereocenters. The van der Waals surface area contributed by atoms with Crippen molar-refractivity contribution in [3.05, 3.63) is 40.3 Å². The van der Waals surface area contributed by atoms with Crippen molar-refractivity contribution >= 4 is 29.0 Å². The standard InChI is InChI=1S/C20H22ClFN4O2/c1-26-18(23)16(19(27)24-13-2-3-15(22)14(21)6-13)17(25-26)10-4-11-7-20(9-28-20)8-12(11)5-10/h2-3,6,10-12H,4-5,7-9,23H2,1H3,(H,24,27). The zero-order valence-corrected chi connectivity index (χ0v) is 16.3. The fraction of sp³-hybridized carbons (Fsp3) is 0.500. The number of nitrogen functional groups attached to an aromatic ring is 1. The van der Waals surface area contributed by atoms with Crippen molar-refractivity contribution in [2.24, 2.45) is 18.9 Å². The summed E-state index contributed by atoms with van der Waals surface area (Å²) >= 11 is 5.82. The zero-order chi connectivity index (χ0) is 19.6. The topological polar surface area (TPSA) is 85.5 Å². The lowest BCUT2D eigenvalue weighted by atomic mass is 9.94. The number of fused-ring (bicyclic) bond motifs is 1. The highest BCUT2D eigenvalue weighted by molar-refractivity contribution is 6.31. The number of aryl methyl sites for hydroxylation is 1. The van der Waals surface area contributed by atoms with Crippen LogP contribution < -0.4 is 11.1 Å². The first kappa shape index (κ1) is 17.9. The molecule has 2 aromatic rings. The highest BCUT2D eigenvalue weighted by Crippen LogP contribution is 2.58. The van der Waals surface area contributed by atoms with Gasteiger partial charge in [0, 0.05) is 18.7 Å². The van der Waals surface area contributed by atoms with Crippen LogP contribution in [0.1, 0.15) is 47.7 Å². The molecule has 2 aliphatic carbocycles. The van der Waals surface area contributed by atoms with E-state index in [-0.39, 0.29) is 22.4 Å². The number of rotatable bonds is 3. The van der Waals surface area contributed by atoms with Crippen molar-refractivity contribution in [3.8, 4) is 0 Å². The zero-order valence-electron chi connectivity index (χ0n) is 15.5. The number of halogens is 2. The molecule has 2 atom stereocenters. The van der Waals surface area contributed by atoms with Gasteiger partial charge in [0.25, 0.3) is 5.91 Å². The van der Waals surface area contributed by atoms with Crippen molar-refractivity contribution < 1.29 is 13.9 Å². The number of nitrogens with two attached hydrogens (primary N) is 1. The van der Waals surface area contributed by atoms with E-state index in [4.69, 9.17) is 22.1 Å². The van der Waals surface area contributed by atoms with E-state index in [2.05, 4.69) is 10.4 Å². The number of amides is 1. The van der Waals surface area contributed by atoms with E-state index in [1.807, 2.05) is 0 Å². The van der Waals surface area contributed by atoms with E-state index >= 15 is 0 Å². The monoisotopic (exact) mass is 404 g/mol. The second-order valence-electron chi connectivity index (χ2n) is 8.42. The molecular formula is C20H22ClFN4O2. The molecule has 1 aliphatic heterocycles. The van der Waals surface area contributed by atoms with Crippen LogP contribution in [0.3, 0.4) is 0 Å². The molecule has 0 radical (unpaired) electrons. The quantitative estimate of drug-likeness (QED) is 0.763. The smallest absolute Gasteiger partial charge is 0.261 e. The minimum Gasteiger partial charge on any atom is -0.383 e. The lowest BCUT2D eigenvalue weighted by Gasteiger charge is -2.13. The fourth-order valence-corrected chi connectivity index (χ4v) is 5.34. The number of carbonyl (C=O) groups is 1. The molecule has 1 saturated heterocycles. The van der Waals surface area contributed by atoms with E-state index in [0.29, 0.717) is 28.9 Å². The van der Waals surface area contributed by atoms with Gasteiger partial charge in [-0.2, -0.15) is 5.10 Å². The predicted octanol–water partition coefficient (Wildman–Crippen LogP) is 3.72. The Labute approximate surface area is 167 Å². The summed E-state index contributed by atoms with van der Waals surface area (Å²) < 4.78 is 20.6. The highest BCUT2D eigenvalue weighted by atomic mass is 35.5.